The minimum absolute atomic E-state index is 0.311. The topological polar surface area (TPSA) is 17.1 Å². The third kappa shape index (κ3) is 3.47. The molecule has 0 aromatic rings. The summed E-state index contributed by atoms with van der Waals surface area (Å²) < 4.78 is 0. The van der Waals surface area contributed by atoms with Crippen molar-refractivity contribution in [1.29, 1.82) is 0 Å². The summed E-state index contributed by atoms with van der Waals surface area (Å²) in [6.45, 7) is 17.2. The summed E-state index contributed by atoms with van der Waals surface area (Å²) in [4.78, 5) is 12.1. The van der Waals surface area contributed by atoms with Crippen LogP contribution in [-0.4, -0.2) is 5.78 Å². The predicted octanol–water partition coefficient (Wildman–Crippen LogP) is 8.01. The van der Waals surface area contributed by atoms with E-state index < -0.39 is 0 Å². The van der Waals surface area contributed by atoms with Crippen molar-refractivity contribution in [3.63, 3.8) is 0 Å². The van der Waals surface area contributed by atoms with Crippen molar-refractivity contribution in [2.45, 2.75) is 99.8 Å². The van der Waals surface area contributed by atoms with Crippen LogP contribution in [0.15, 0.2) is 23.3 Å². The van der Waals surface area contributed by atoms with Crippen molar-refractivity contribution in [2.24, 2.45) is 52.3 Å². The highest BCUT2D eigenvalue weighted by Gasteiger charge is 2.59. The van der Waals surface area contributed by atoms with Crippen molar-refractivity contribution in [2.75, 3.05) is 0 Å². The molecule has 0 radical (unpaired) electrons. The van der Waals surface area contributed by atoms with E-state index >= 15 is 0 Å². The Labute approximate surface area is 186 Å². The van der Waals surface area contributed by atoms with Gasteiger partial charge in [0.15, 0.2) is 5.78 Å². The normalized spacial score (nSPS) is 43.5. The molecule has 0 saturated heterocycles. The molecule has 0 amide bonds. The van der Waals surface area contributed by atoms with Crippen molar-refractivity contribution < 1.29 is 4.79 Å². The summed E-state index contributed by atoms with van der Waals surface area (Å²) in [5.41, 5.74) is 3.93. The lowest BCUT2D eigenvalue weighted by molar-refractivity contribution is -0.117. The lowest BCUT2D eigenvalue weighted by Gasteiger charge is -2.58. The quantitative estimate of drug-likeness (QED) is 0.429. The molecule has 0 aliphatic heterocycles. The molecule has 0 aromatic carbocycles. The van der Waals surface area contributed by atoms with Crippen molar-refractivity contribution in [3.8, 4) is 0 Å². The number of allylic oxidation sites excluding steroid dienone is 3. The highest BCUT2D eigenvalue weighted by atomic mass is 16.1. The molecule has 1 nitrogen and oxygen atoms in total. The zero-order valence-electron chi connectivity index (χ0n) is 20.8. The van der Waals surface area contributed by atoms with Gasteiger partial charge < -0.3 is 0 Å². The van der Waals surface area contributed by atoms with Crippen LogP contribution in [0.2, 0.25) is 0 Å². The van der Waals surface area contributed by atoms with Crippen LogP contribution in [0.5, 0.6) is 0 Å². The maximum absolute atomic E-state index is 12.1. The van der Waals surface area contributed by atoms with E-state index in [2.05, 4.69) is 60.6 Å². The first-order valence-corrected chi connectivity index (χ1v) is 13.0. The number of hydrogen-bond donors (Lipinski definition) is 0. The van der Waals surface area contributed by atoms with E-state index in [0.29, 0.717) is 28.4 Å². The maximum atomic E-state index is 12.1. The molecule has 0 aromatic heterocycles. The van der Waals surface area contributed by atoms with E-state index in [4.69, 9.17) is 0 Å². The van der Waals surface area contributed by atoms with Crippen molar-refractivity contribution in [3.05, 3.63) is 23.3 Å². The minimum atomic E-state index is 0.311. The van der Waals surface area contributed by atoms with Crippen LogP contribution in [0, 0.1) is 52.3 Å². The zero-order chi connectivity index (χ0) is 21.8. The van der Waals surface area contributed by atoms with Crippen LogP contribution in [0.25, 0.3) is 0 Å². The number of fused-ring (bicyclic) bond motifs is 5. The van der Waals surface area contributed by atoms with Crippen molar-refractivity contribution >= 4 is 5.78 Å². The molecule has 3 saturated carbocycles. The third-order valence-electron chi connectivity index (χ3n) is 10.9. The van der Waals surface area contributed by atoms with E-state index in [1.165, 1.54) is 44.1 Å². The van der Waals surface area contributed by atoms with E-state index in [1.807, 2.05) is 0 Å². The van der Waals surface area contributed by atoms with Gasteiger partial charge in [-0.25, -0.2) is 0 Å². The standard InChI is InChI=1S/C29H46O/c1-18(2)21(5)19(3)16-20(4)25-10-11-26-24-9-8-22-17-23(30)12-14-28(22,6)27(24)13-15-29(25,26)7/h16-18,20-21,24-27H,8-15H2,1-7H3/b19-16+/t20-,21-,24+,25-,26+,27+,28+,29-/m1/s1. The Hall–Kier alpha value is -0.850. The molecule has 0 unspecified atom stereocenters. The summed E-state index contributed by atoms with van der Waals surface area (Å²) in [5, 5.41) is 0. The number of hydrogen-bond acceptors (Lipinski definition) is 1. The molecule has 1 heteroatoms. The number of ketones is 1. The first kappa shape index (κ1) is 22.3. The van der Waals surface area contributed by atoms with Gasteiger partial charge in [0.05, 0.1) is 0 Å². The number of rotatable bonds is 4. The van der Waals surface area contributed by atoms with Gasteiger partial charge in [-0.2, -0.15) is 0 Å². The Kier molecular flexibility index (Phi) is 5.91. The van der Waals surface area contributed by atoms with E-state index in [0.717, 1.165) is 42.4 Å². The summed E-state index contributed by atoms with van der Waals surface area (Å²) in [6.07, 6.45) is 14.7. The molecule has 8 atom stereocenters. The summed E-state index contributed by atoms with van der Waals surface area (Å²) >= 11 is 0. The van der Waals surface area contributed by atoms with Gasteiger partial charge >= 0.3 is 0 Å². The Morgan fingerprint density at radius 3 is 2.43 bits per heavy atom. The Bertz CT molecular complexity index is 741. The monoisotopic (exact) mass is 410 g/mol. The average Bonchev–Trinajstić information content (AvgIpc) is 3.05. The molecule has 3 fully saturated rings. The van der Waals surface area contributed by atoms with Gasteiger partial charge in [-0.15, -0.1) is 0 Å². The smallest absolute Gasteiger partial charge is 0.155 e. The SMILES string of the molecule is C/C(=C\[C@@H](C)[C@H]1CC[C@H]2[C@@H]3CCC4=CC(=O)CC[C@]4(C)[C@H]3CC[C@]12C)[C@H](C)C(C)C. The largest absolute Gasteiger partial charge is 0.295 e. The minimum Gasteiger partial charge on any atom is -0.295 e. The Balaban J connectivity index is 1.55. The van der Waals surface area contributed by atoms with Gasteiger partial charge in [-0.3, -0.25) is 4.79 Å². The fourth-order valence-corrected chi connectivity index (χ4v) is 8.67. The second-order valence-corrected chi connectivity index (χ2v) is 12.5. The van der Waals surface area contributed by atoms with E-state index in [1.54, 1.807) is 5.57 Å². The van der Waals surface area contributed by atoms with Gasteiger partial charge in [-0.1, -0.05) is 58.8 Å². The van der Waals surface area contributed by atoms with Crippen LogP contribution in [0.1, 0.15) is 99.8 Å². The number of carbonyl (C=O) groups is 1. The number of carbonyl (C=O) groups excluding carboxylic acids is 1. The summed E-state index contributed by atoms with van der Waals surface area (Å²) in [6, 6.07) is 0. The fourth-order valence-electron chi connectivity index (χ4n) is 8.67. The maximum Gasteiger partial charge on any atom is 0.155 e. The zero-order valence-corrected chi connectivity index (χ0v) is 20.8. The molecule has 0 bridgehead atoms. The van der Waals surface area contributed by atoms with E-state index in [9.17, 15) is 4.79 Å². The highest BCUT2D eigenvalue weighted by molar-refractivity contribution is 5.91. The van der Waals surface area contributed by atoms with Crippen molar-refractivity contribution in [1.82, 2.24) is 0 Å². The Morgan fingerprint density at radius 2 is 1.73 bits per heavy atom. The van der Waals surface area contributed by atoms with E-state index in [-0.39, 0.29) is 0 Å². The lowest BCUT2D eigenvalue weighted by Crippen LogP contribution is -2.50. The second kappa shape index (κ2) is 7.93. The molecule has 0 heterocycles. The van der Waals surface area contributed by atoms with Gasteiger partial charge in [0.2, 0.25) is 0 Å². The van der Waals surface area contributed by atoms with Crippen LogP contribution >= 0.6 is 0 Å². The molecule has 30 heavy (non-hydrogen) atoms. The molecule has 4 rings (SSSR count). The first-order chi connectivity index (χ1) is 14.1. The van der Waals surface area contributed by atoms with Gasteiger partial charge in [-0.05, 0) is 110 Å². The second-order valence-electron chi connectivity index (χ2n) is 12.5. The molecular weight excluding hydrogens is 364 g/mol. The van der Waals surface area contributed by atoms with Crippen LogP contribution in [-0.2, 0) is 4.79 Å². The molecule has 4 aliphatic carbocycles. The van der Waals surface area contributed by atoms with Gasteiger partial charge in [0.25, 0.3) is 0 Å². The van der Waals surface area contributed by atoms with Crippen LogP contribution in [0.3, 0.4) is 0 Å². The summed E-state index contributed by atoms with van der Waals surface area (Å²) in [5.74, 6) is 5.93. The third-order valence-corrected chi connectivity index (χ3v) is 10.9. The highest BCUT2D eigenvalue weighted by Crippen LogP contribution is 2.67. The van der Waals surface area contributed by atoms with Gasteiger partial charge in [0, 0.05) is 6.42 Å². The molecular formula is C29H46O. The van der Waals surface area contributed by atoms with Gasteiger partial charge in [0.1, 0.15) is 0 Å². The Morgan fingerprint density at radius 1 is 1.00 bits per heavy atom. The fraction of sp³-hybridized carbons (Fsp3) is 0.828. The lowest BCUT2D eigenvalue weighted by atomic mass is 9.46. The predicted molar refractivity (Wildman–Crippen MR) is 127 cm³/mol. The molecule has 0 N–H and O–H groups in total. The van der Waals surface area contributed by atoms with Crippen LogP contribution < -0.4 is 0 Å². The first-order valence-electron chi connectivity index (χ1n) is 13.0. The average molecular weight is 411 g/mol. The molecule has 0 spiro atoms. The molecule has 4 aliphatic rings. The van der Waals surface area contributed by atoms with Crippen LogP contribution in [0.4, 0.5) is 0 Å². The summed E-state index contributed by atoms with van der Waals surface area (Å²) in [7, 11) is 0. The molecule has 168 valence electrons.